The summed E-state index contributed by atoms with van der Waals surface area (Å²) in [6.45, 7) is 17.6. The number of pyridine rings is 1. The summed E-state index contributed by atoms with van der Waals surface area (Å²) in [4.78, 5) is 9.84. The molecule has 5 rings (SSSR count). The molecule has 6 heteroatoms. The summed E-state index contributed by atoms with van der Waals surface area (Å²) in [5, 5.41) is 3.58. The molecule has 2 aromatic rings. The molecule has 178 valence electrons. The molecular weight excluding hydrogens is 412 g/mol. The summed E-state index contributed by atoms with van der Waals surface area (Å²) < 4.78 is 11.7. The molecule has 2 saturated heterocycles. The molecule has 1 unspecified atom stereocenters. The Hall–Kier alpha value is -2.15. The number of nitrogens with zero attached hydrogens (tertiary/aromatic N) is 3. The number of nitrogens with one attached hydrogen (secondary N) is 1. The van der Waals surface area contributed by atoms with Crippen LogP contribution in [-0.2, 0) is 11.3 Å². The summed E-state index contributed by atoms with van der Waals surface area (Å²) in [7, 11) is 0. The first kappa shape index (κ1) is 22.6. The van der Waals surface area contributed by atoms with Gasteiger partial charge in [0.05, 0.1) is 13.2 Å². The van der Waals surface area contributed by atoms with Gasteiger partial charge in [-0.15, -0.1) is 0 Å². The molecule has 1 N–H and O–H groups in total. The molecular formula is C27H38N4O2. The van der Waals surface area contributed by atoms with Crippen molar-refractivity contribution in [2.75, 3.05) is 44.8 Å². The first-order valence-corrected chi connectivity index (χ1v) is 12.3. The number of ether oxygens (including phenoxy) is 2. The van der Waals surface area contributed by atoms with Gasteiger partial charge in [0.25, 0.3) is 0 Å². The van der Waals surface area contributed by atoms with Crippen molar-refractivity contribution in [3.05, 3.63) is 53.2 Å². The van der Waals surface area contributed by atoms with Gasteiger partial charge in [-0.3, -0.25) is 9.80 Å². The first-order valence-electron chi connectivity index (χ1n) is 12.3. The van der Waals surface area contributed by atoms with Gasteiger partial charge in [0.1, 0.15) is 12.1 Å². The molecule has 1 aromatic heterocycles. The summed E-state index contributed by atoms with van der Waals surface area (Å²) in [5.41, 5.74) is 4.16. The van der Waals surface area contributed by atoms with E-state index in [9.17, 15) is 0 Å². The number of rotatable bonds is 4. The van der Waals surface area contributed by atoms with E-state index in [2.05, 4.69) is 85.1 Å². The van der Waals surface area contributed by atoms with Crippen molar-refractivity contribution in [2.24, 2.45) is 0 Å². The zero-order valence-electron chi connectivity index (χ0n) is 20.7. The second-order valence-electron chi connectivity index (χ2n) is 11.2. The van der Waals surface area contributed by atoms with Crippen LogP contribution < -0.4 is 10.1 Å². The van der Waals surface area contributed by atoms with Gasteiger partial charge < -0.3 is 14.8 Å². The van der Waals surface area contributed by atoms with E-state index in [0.717, 1.165) is 37.7 Å². The van der Waals surface area contributed by atoms with E-state index >= 15 is 0 Å². The molecule has 3 aliphatic heterocycles. The van der Waals surface area contributed by atoms with Gasteiger partial charge in [-0.2, -0.15) is 0 Å². The summed E-state index contributed by atoms with van der Waals surface area (Å²) >= 11 is 0. The minimum atomic E-state index is -0.0946. The predicted molar refractivity (Wildman–Crippen MR) is 132 cm³/mol. The number of hydrogen-bond acceptors (Lipinski definition) is 6. The minimum absolute atomic E-state index is 0.0946. The number of fused-ring (bicyclic) bond motifs is 1. The molecule has 0 aliphatic carbocycles. The van der Waals surface area contributed by atoms with Crippen LogP contribution >= 0.6 is 0 Å². The van der Waals surface area contributed by atoms with Gasteiger partial charge >= 0.3 is 0 Å². The van der Waals surface area contributed by atoms with E-state index in [1.54, 1.807) is 0 Å². The lowest BCUT2D eigenvalue weighted by atomic mass is 9.88. The van der Waals surface area contributed by atoms with Gasteiger partial charge in [-0.25, -0.2) is 4.98 Å². The Morgan fingerprint density at radius 3 is 2.61 bits per heavy atom. The summed E-state index contributed by atoms with van der Waals surface area (Å²) in [6, 6.07) is 11.5. The van der Waals surface area contributed by atoms with Crippen LogP contribution in [0.25, 0.3) is 0 Å². The first-order chi connectivity index (χ1) is 15.8. The number of benzene rings is 1. The Morgan fingerprint density at radius 2 is 1.91 bits per heavy atom. The second kappa shape index (κ2) is 8.57. The fraction of sp³-hybridized carbons (Fsp3) is 0.593. The Bertz CT molecular complexity index is 996. The molecule has 0 saturated carbocycles. The van der Waals surface area contributed by atoms with E-state index in [1.165, 1.54) is 16.7 Å². The lowest BCUT2D eigenvalue weighted by molar-refractivity contribution is -0.0650. The van der Waals surface area contributed by atoms with Crippen molar-refractivity contribution in [3.8, 4) is 5.75 Å². The number of hydrogen-bond donors (Lipinski definition) is 1. The molecule has 3 aliphatic rings. The van der Waals surface area contributed by atoms with Gasteiger partial charge in [0, 0.05) is 49.5 Å². The van der Waals surface area contributed by atoms with Crippen LogP contribution in [0, 0.1) is 0 Å². The Labute approximate surface area is 198 Å². The third-order valence-electron chi connectivity index (χ3n) is 7.32. The Morgan fingerprint density at radius 1 is 1.12 bits per heavy atom. The SMILES string of the molecule is CC(C)c1ccccc1C1CN(Cc2ccnc3c2OCC2(COC2)N3)CCN1C(C)(C)C. The fourth-order valence-electron chi connectivity index (χ4n) is 5.50. The average molecular weight is 451 g/mol. The van der Waals surface area contributed by atoms with Gasteiger partial charge in [-0.05, 0) is 43.9 Å². The van der Waals surface area contributed by atoms with Crippen LogP contribution in [0.5, 0.6) is 5.75 Å². The fourth-order valence-corrected chi connectivity index (χ4v) is 5.50. The van der Waals surface area contributed by atoms with Crippen LogP contribution in [0.15, 0.2) is 36.5 Å². The number of piperazine rings is 1. The van der Waals surface area contributed by atoms with Crippen LogP contribution in [-0.4, -0.2) is 65.3 Å². The van der Waals surface area contributed by atoms with Crippen LogP contribution in [0.2, 0.25) is 0 Å². The standard InChI is InChI=1S/C27H38N4O2/c1-19(2)21-8-6-7-9-22(21)23-15-30(12-13-31(23)26(3,4)5)14-20-10-11-28-25-24(20)33-18-27(29-25)16-32-17-27/h6-11,19,23H,12-18H2,1-5H3,(H,28,29). The maximum Gasteiger partial charge on any atom is 0.169 e. The smallest absolute Gasteiger partial charge is 0.169 e. The van der Waals surface area contributed by atoms with E-state index in [0.29, 0.717) is 31.8 Å². The van der Waals surface area contributed by atoms with E-state index in [-0.39, 0.29) is 11.1 Å². The topological polar surface area (TPSA) is 49.9 Å². The molecule has 0 radical (unpaired) electrons. The Kier molecular flexibility index (Phi) is 5.88. The number of aromatic nitrogens is 1. The third-order valence-corrected chi connectivity index (χ3v) is 7.32. The van der Waals surface area contributed by atoms with Crippen LogP contribution in [0.4, 0.5) is 5.82 Å². The largest absolute Gasteiger partial charge is 0.487 e. The minimum Gasteiger partial charge on any atom is -0.487 e. The van der Waals surface area contributed by atoms with Crippen LogP contribution in [0.3, 0.4) is 0 Å². The second-order valence-corrected chi connectivity index (χ2v) is 11.2. The number of anilines is 1. The third kappa shape index (κ3) is 4.36. The highest BCUT2D eigenvalue weighted by atomic mass is 16.5. The molecule has 6 nitrogen and oxygen atoms in total. The van der Waals surface area contributed by atoms with Crippen molar-refractivity contribution >= 4 is 5.82 Å². The lowest BCUT2D eigenvalue weighted by Gasteiger charge is -2.49. The molecule has 4 heterocycles. The van der Waals surface area contributed by atoms with Gasteiger partial charge in [0.15, 0.2) is 11.6 Å². The molecule has 1 spiro atoms. The normalized spacial score (nSPS) is 23.0. The van der Waals surface area contributed by atoms with Gasteiger partial charge in [-0.1, -0.05) is 38.1 Å². The van der Waals surface area contributed by atoms with Crippen molar-refractivity contribution < 1.29 is 9.47 Å². The lowest BCUT2D eigenvalue weighted by Crippen LogP contribution is -2.61. The van der Waals surface area contributed by atoms with Crippen molar-refractivity contribution in [3.63, 3.8) is 0 Å². The van der Waals surface area contributed by atoms with Gasteiger partial charge in [0.2, 0.25) is 0 Å². The molecule has 2 fully saturated rings. The summed E-state index contributed by atoms with van der Waals surface area (Å²) in [5.74, 6) is 2.28. The highest BCUT2D eigenvalue weighted by molar-refractivity contribution is 5.58. The Balaban J connectivity index is 1.40. The summed E-state index contributed by atoms with van der Waals surface area (Å²) in [6.07, 6.45) is 1.90. The molecule has 0 amide bonds. The van der Waals surface area contributed by atoms with E-state index in [4.69, 9.17) is 9.47 Å². The average Bonchev–Trinajstić information content (AvgIpc) is 2.77. The van der Waals surface area contributed by atoms with E-state index < -0.39 is 0 Å². The highest BCUT2D eigenvalue weighted by Crippen LogP contribution is 2.39. The zero-order chi connectivity index (χ0) is 23.2. The van der Waals surface area contributed by atoms with Crippen molar-refractivity contribution in [1.29, 1.82) is 0 Å². The maximum atomic E-state index is 6.25. The molecule has 0 bridgehead atoms. The highest BCUT2D eigenvalue weighted by Gasteiger charge is 2.44. The molecule has 33 heavy (non-hydrogen) atoms. The van der Waals surface area contributed by atoms with Crippen molar-refractivity contribution in [2.45, 2.75) is 64.2 Å². The zero-order valence-corrected chi connectivity index (χ0v) is 20.7. The maximum absolute atomic E-state index is 6.25. The van der Waals surface area contributed by atoms with E-state index in [1.807, 2.05) is 6.20 Å². The monoisotopic (exact) mass is 450 g/mol. The molecule has 1 atom stereocenters. The molecule has 1 aromatic carbocycles. The quantitative estimate of drug-likeness (QED) is 0.743. The van der Waals surface area contributed by atoms with Crippen molar-refractivity contribution in [1.82, 2.24) is 14.8 Å². The van der Waals surface area contributed by atoms with Crippen LogP contribution in [0.1, 0.15) is 63.3 Å². The predicted octanol–water partition coefficient (Wildman–Crippen LogP) is 4.44.